The number of rotatable bonds is 3. The lowest BCUT2D eigenvalue weighted by Gasteiger charge is -2.42. The first-order chi connectivity index (χ1) is 14.9. The zero-order valence-corrected chi connectivity index (χ0v) is 21.0. The normalized spacial score (nSPS) is 19.2. The molecule has 3 nitrogen and oxygen atoms in total. The van der Waals surface area contributed by atoms with E-state index in [1.165, 1.54) is 16.7 Å². The van der Waals surface area contributed by atoms with Crippen LogP contribution in [0.3, 0.4) is 0 Å². The van der Waals surface area contributed by atoms with Crippen molar-refractivity contribution in [3.05, 3.63) is 70.8 Å². The molecule has 4 rings (SSSR count). The summed E-state index contributed by atoms with van der Waals surface area (Å²) in [5.41, 5.74) is 5.23. The Morgan fingerprint density at radius 2 is 1.48 bits per heavy atom. The van der Waals surface area contributed by atoms with Crippen LogP contribution in [0.1, 0.15) is 76.6 Å². The van der Waals surface area contributed by atoms with E-state index in [0.29, 0.717) is 6.61 Å². The second-order valence-corrected chi connectivity index (χ2v) is 8.85. The van der Waals surface area contributed by atoms with E-state index in [4.69, 9.17) is 9.73 Å². The fourth-order valence-corrected chi connectivity index (χ4v) is 4.35. The van der Waals surface area contributed by atoms with E-state index in [9.17, 15) is 0 Å². The lowest BCUT2D eigenvalue weighted by molar-refractivity contribution is 0.213. The van der Waals surface area contributed by atoms with Crippen LogP contribution in [0.4, 0.5) is 0 Å². The second-order valence-electron chi connectivity index (χ2n) is 8.85. The predicted octanol–water partition coefficient (Wildman–Crippen LogP) is 6.61. The van der Waals surface area contributed by atoms with Gasteiger partial charge >= 0.3 is 0 Å². The zero-order valence-electron chi connectivity index (χ0n) is 21.0. The number of hydrogen-bond acceptors (Lipinski definition) is 3. The lowest BCUT2D eigenvalue weighted by Crippen LogP contribution is -2.41. The molecule has 3 heteroatoms. The molecule has 2 aromatic rings. The van der Waals surface area contributed by atoms with Crippen LogP contribution in [0.25, 0.3) is 0 Å². The molecule has 2 heterocycles. The van der Waals surface area contributed by atoms with Gasteiger partial charge in [-0.1, -0.05) is 69.7 Å². The van der Waals surface area contributed by atoms with Crippen molar-refractivity contribution >= 4 is 5.90 Å². The average molecular weight is 423 g/mol. The molecule has 1 saturated heterocycles. The van der Waals surface area contributed by atoms with Gasteiger partial charge in [-0.3, -0.25) is 0 Å². The molecular weight excluding hydrogens is 380 g/mol. The van der Waals surface area contributed by atoms with Crippen molar-refractivity contribution in [1.29, 1.82) is 0 Å². The summed E-state index contributed by atoms with van der Waals surface area (Å²) in [4.78, 5) is 7.15. The minimum absolute atomic E-state index is 0.0919. The lowest BCUT2D eigenvalue weighted by atomic mass is 9.68. The Bertz CT molecular complexity index is 844. The Morgan fingerprint density at radius 3 is 2.00 bits per heavy atom. The zero-order chi connectivity index (χ0) is 23.1. The summed E-state index contributed by atoms with van der Waals surface area (Å²) in [6, 6.07) is 18.0. The quantitative estimate of drug-likeness (QED) is 0.555. The summed E-state index contributed by atoms with van der Waals surface area (Å²) in [7, 11) is 2.22. The van der Waals surface area contributed by atoms with Crippen molar-refractivity contribution in [2.45, 2.75) is 72.3 Å². The smallest absolute Gasteiger partial charge is 0.216 e. The summed E-state index contributed by atoms with van der Waals surface area (Å²) in [5.74, 6) is 0.777. The van der Waals surface area contributed by atoms with Gasteiger partial charge in [0.1, 0.15) is 6.61 Å². The van der Waals surface area contributed by atoms with Gasteiger partial charge < -0.3 is 9.64 Å². The molecule has 0 radical (unpaired) electrons. The van der Waals surface area contributed by atoms with Crippen molar-refractivity contribution in [1.82, 2.24) is 4.90 Å². The van der Waals surface area contributed by atoms with Crippen molar-refractivity contribution in [3.63, 3.8) is 0 Å². The van der Waals surface area contributed by atoms with E-state index in [-0.39, 0.29) is 11.0 Å². The SMILES string of the molecule is CC.CC.Cc1cccc(C2(c3ccc(C4=NC(C)(C)CO4)cc3)CCN(C)CC2)c1. The molecule has 0 aliphatic carbocycles. The van der Waals surface area contributed by atoms with E-state index >= 15 is 0 Å². The molecule has 2 aromatic carbocycles. The molecule has 1 fully saturated rings. The van der Waals surface area contributed by atoms with Crippen molar-refractivity contribution < 1.29 is 4.74 Å². The first-order valence-corrected chi connectivity index (χ1v) is 12.0. The number of aliphatic imine (C=N–C) groups is 1. The summed E-state index contributed by atoms with van der Waals surface area (Å²) in [6.45, 7) is 17.3. The third-order valence-corrected chi connectivity index (χ3v) is 6.06. The Balaban J connectivity index is 0.000000807. The number of ether oxygens (including phenoxy) is 1. The molecule has 0 aromatic heterocycles. The van der Waals surface area contributed by atoms with E-state index in [1.807, 2.05) is 27.7 Å². The van der Waals surface area contributed by atoms with Gasteiger partial charge in [-0.2, -0.15) is 0 Å². The van der Waals surface area contributed by atoms with E-state index < -0.39 is 0 Å². The topological polar surface area (TPSA) is 24.8 Å². The van der Waals surface area contributed by atoms with Crippen LogP contribution in [0.2, 0.25) is 0 Å². The fourth-order valence-electron chi connectivity index (χ4n) is 4.35. The summed E-state index contributed by atoms with van der Waals surface area (Å²) >= 11 is 0. The van der Waals surface area contributed by atoms with Gasteiger partial charge in [-0.25, -0.2) is 4.99 Å². The molecule has 0 bridgehead atoms. The molecule has 0 spiro atoms. The molecular formula is C28H42N2O. The maximum Gasteiger partial charge on any atom is 0.216 e. The van der Waals surface area contributed by atoms with Crippen LogP contribution < -0.4 is 0 Å². The maximum absolute atomic E-state index is 5.82. The van der Waals surface area contributed by atoms with Gasteiger partial charge in [0, 0.05) is 11.0 Å². The van der Waals surface area contributed by atoms with Crippen LogP contribution in [0.5, 0.6) is 0 Å². The molecule has 2 aliphatic rings. The first kappa shape index (κ1) is 25.1. The first-order valence-electron chi connectivity index (χ1n) is 12.0. The summed E-state index contributed by atoms with van der Waals surface area (Å²) in [5, 5.41) is 0. The third kappa shape index (κ3) is 5.77. The molecule has 0 amide bonds. The average Bonchev–Trinajstić information content (AvgIpc) is 3.17. The van der Waals surface area contributed by atoms with Crippen LogP contribution in [0, 0.1) is 6.92 Å². The Hall–Kier alpha value is -2.13. The monoisotopic (exact) mass is 422 g/mol. The van der Waals surface area contributed by atoms with Gasteiger partial charge in [-0.05, 0) is 77.0 Å². The summed E-state index contributed by atoms with van der Waals surface area (Å²) in [6.07, 6.45) is 2.30. The Labute approximate surface area is 190 Å². The summed E-state index contributed by atoms with van der Waals surface area (Å²) < 4.78 is 5.82. The minimum Gasteiger partial charge on any atom is -0.475 e. The van der Waals surface area contributed by atoms with Crippen molar-refractivity contribution in [2.75, 3.05) is 26.7 Å². The maximum atomic E-state index is 5.82. The van der Waals surface area contributed by atoms with Crippen LogP contribution in [-0.2, 0) is 10.2 Å². The highest BCUT2D eigenvalue weighted by atomic mass is 16.5. The van der Waals surface area contributed by atoms with E-state index in [0.717, 1.165) is 37.4 Å². The number of likely N-dealkylation sites (tertiary alicyclic amines) is 1. The molecule has 2 aliphatic heterocycles. The highest BCUT2D eigenvalue weighted by Crippen LogP contribution is 2.42. The van der Waals surface area contributed by atoms with Crippen molar-refractivity contribution in [2.24, 2.45) is 4.99 Å². The largest absolute Gasteiger partial charge is 0.475 e. The highest BCUT2D eigenvalue weighted by Gasteiger charge is 2.37. The standard InChI is InChI=1S/C24H30N2O.2C2H6/c1-18-6-5-7-21(16-18)24(12-14-26(4)15-13-24)20-10-8-19(9-11-20)22-25-23(2,3)17-27-22;2*1-2/h5-11,16H,12-15,17H2,1-4H3;2*1-2H3. The number of piperidine rings is 1. The van der Waals surface area contributed by atoms with E-state index in [1.54, 1.807) is 0 Å². The highest BCUT2D eigenvalue weighted by molar-refractivity contribution is 5.95. The molecule has 31 heavy (non-hydrogen) atoms. The van der Waals surface area contributed by atoms with Gasteiger partial charge in [-0.15, -0.1) is 0 Å². The fraction of sp³-hybridized carbons (Fsp3) is 0.536. The minimum atomic E-state index is -0.120. The van der Waals surface area contributed by atoms with Crippen LogP contribution in [-0.4, -0.2) is 43.1 Å². The molecule has 0 N–H and O–H groups in total. The number of hydrogen-bond donors (Lipinski definition) is 0. The van der Waals surface area contributed by atoms with Gasteiger partial charge in [0.05, 0.1) is 5.54 Å². The van der Waals surface area contributed by atoms with Crippen LogP contribution >= 0.6 is 0 Å². The van der Waals surface area contributed by atoms with Crippen LogP contribution in [0.15, 0.2) is 53.5 Å². The number of nitrogens with zero attached hydrogens (tertiary/aromatic N) is 2. The number of benzene rings is 2. The number of aryl methyl sites for hydroxylation is 1. The van der Waals surface area contributed by atoms with E-state index in [2.05, 4.69) is 81.2 Å². The van der Waals surface area contributed by atoms with Gasteiger partial charge in [0.25, 0.3) is 0 Å². The molecule has 0 atom stereocenters. The molecule has 170 valence electrons. The second kappa shape index (κ2) is 10.9. The Kier molecular flexibility index (Phi) is 8.88. The van der Waals surface area contributed by atoms with Crippen molar-refractivity contribution in [3.8, 4) is 0 Å². The van der Waals surface area contributed by atoms with Gasteiger partial charge in [0.15, 0.2) is 0 Å². The molecule has 0 saturated carbocycles. The molecule has 0 unspecified atom stereocenters. The third-order valence-electron chi connectivity index (χ3n) is 6.06. The predicted molar refractivity (Wildman–Crippen MR) is 134 cm³/mol. The van der Waals surface area contributed by atoms with Gasteiger partial charge in [0.2, 0.25) is 5.90 Å². The Morgan fingerprint density at radius 1 is 0.871 bits per heavy atom.